The lowest BCUT2D eigenvalue weighted by atomic mass is 9.99. The largest absolute Gasteiger partial charge is 0.475 e. The molecule has 0 bridgehead atoms. The number of carbonyl (C=O) groups is 1. The molecule has 6 nitrogen and oxygen atoms in total. The van der Waals surface area contributed by atoms with E-state index >= 15 is 0 Å². The normalized spacial score (nSPS) is 12.8. The quantitative estimate of drug-likeness (QED) is 0.213. The minimum atomic E-state index is -3.05. The second-order valence-corrected chi connectivity index (χ2v) is 8.25. The van der Waals surface area contributed by atoms with Crippen molar-refractivity contribution in [1.82, 2.24) is 9.88 Å². The zero-order valence-corrected chi connectivity index (χ0v) is 20.7. The van der Waals surface area contributed by atoms with Gasteiger partial charge in [-0.05, 0) is 38.5 Å². The highest BCUT2D eigenvalue weighted by atomic mass is 31.0. The SMILES string of the molecule is C=C(OC(C)=NC)c1c(C)cccc1C(=O)N(CC)C(C)COc1ccc(C(F)(F)P)cn1. The fraction of sp³-hybridized carbons (Fsp3) is 0.375. The van der Waals surface area contributed by atoms with E-state index in [-0.39, 0.29) is 30.0 Å². The number of hydrogen-bond acceptors (Lipinski definition) is 5. The van der Waals surface area contributed by atoms with Crippen molar-refractivity contribution in [1.29, 1.82) is 0 Å². The maximum absolute atomic E-state index is 13.5. The van der Waals surface area contributed by atoms with Gasteiger partial charge in [0.15, 0.2) is 5.90 Å². The van der Waals surface area contributed by atoms with Crippen molar-refractivity contribution in [2.24, 2.45) is 4.99 Å². The lowest BCUT2D eigenvalue weighted by Crippen LogP contribution is -2.42. The van der Waals surface area contributed by atoms with E-state index in [4.69, 9.17) is 9.47 Å². The van der Waals surface area contributed by atoms with E-state index in [0.717, 1.165) is 11.8 Å². The number of pyridine rings is 1. The van der Waals surface area contributed by atoms with Crippen LogP contribution in [0.25, 0.3) is 5.76 Å². The molecule has 178 valence electrons. The second-order valence-electron chi connectivity index (χ2n) is 7.52. The van der Waals surface area contributed by atoms with Gasteiger partial charge in [-0.3, -0.25) is 9.79 Å². The maximum Gasteiger partial charge on any atom is 0.285 e. The van der Waals surface area contributed by atoms with E-state index in [0.29, 0.717) is 29.3 Å². The number of halogens is 2. The molecule has 0 aliphatic rings. The van der Waals surface area contributed by atoms with Gasteiger partial charge in [-0.1, -0.05) is 28.0 Å². The minimum Gasteiger partial charge on any atom is -0.475 e. The Morgan fingerprint density at radius 2 is 2.03 bits per heavy atom. The number of nitrogens with zero attached hydrogens (tertiary/aromatic N) is 3. The van der Waals surface area contributed by atoms with Crippen LogP contribution in [0.15, 0.2) is 48.1 Å². The number of rotatable bonds is 9. The molecule has 0 saturated heterocycles. The van der Waals surface area contributed by atoms with E-state index in [1.54, 1.807) is 24.9 Å². The molecular weight excluding hydrogens is 447 g/mol. The lowest BCUT2D eigenvalue weighted by molar-refractivity contribution is 0.0645. The molecule has 9 heteroatoms. The molecule has 1 aromatic heterocycles. The fourth-order valence-corrected chi connectivity index (χ4v) is 3.43. The molecule has 0 saturated carbocycles. The van der Waals surface area contributed by atoms with Crippen LogP contribution in [0.3, 0.4) is 0 Å². The number of ether oxygens (including phenoxy) is 2. The molecule has 33 heavy (non-hydrogen) atoms. The summed E-state index contributed by atoms with van der Waals surface area (Å²) in [5.41, 5.74) is -1.35. The standard InChI is InChI=1S/C24H30F2N3O3P/c1-7-29(16(3)14-31-21-12-11-19(13-28-21)24(25,26)33)23(30)20-10-8-9-15(2)22(20)17(4)32-18(5)27-6/h8-13,16H,4,7,14,33H2,1-3,5-6H3. The predicted octanol–water partition coefficient (Wildman–Crippen LogP) is 5.28. The van der Waals surface area contributed by atoms with E-state index in [2.05, 4.69) is 16.6 Å². The van der Waals surface area contributed by atoms with Crippen molar-refractivity contribution in [3.8, 4) is 5.88 Å². The molecule has 2 unspecified atom stereocenters. The van der Waals surface area contributed by atoms with Crippen molar-refractivity contribution in [3.63, 3.8) is 0 Å². The highest BCUT2D eigenvalue weighted by Gasteiger charge is 2.26. The second kappa shape index (κ2) is 11.3. The van der Waals surface area contributed by atoms with Crippen LogP contribution in [0, 0.1) is 6.92 Å². The average Bonchev–Trinajstić information content (AvgIpc) is 2.77. The summed E-state index contributed by atoms with van der Waals surface area (Å²) < 4.78 is 38.0. The number of likely N-dealkylation sites (N-methyl/N-ethyl adjacent to an activating group) is 1. The van der Waals surface area contributed by atoms with Crippen molar-refractivity contribution in [2.45, 2.75) is 39.4 Å². The van der Waals surface area contributed by atoms with Crippen LogP contribution in [0.2, 0.25) is 0 Å². The smallest absolute Gasteiger partial charge is 0.285 e. The first kappa shape index (κ1) is 26.4. The van der Waals surface area contributed by atoms with Gasteiger partial charge in [0.05, 0.1) is 11.6 Å². The molecule has 0 aliphatic heterocycles. The third-order valence-corrected chi connectivity index (χ3v) is 5.43. The third-order valence-electron chi connectivity index (χ3n) is 5.10. The van der Waals surface area contributed by atoms with Gasteiger partial charge >= 0.3 is 0 Å². The summed E-state index contributed by atoms with van der Waals surface area (Å²) in [5, 5.41) is 0. The van der Waals surface area contributed by atoms with E-state index in [1.165, 1.54) is 21.4 Å². The molecule has 0 aliphatic carbocycles. The number of alkyl halides is 2. The number of aliphatic imine (C=N–C) groups is 1. The summed E-state index contributed by atoms with van der Waals surface area (Å²) >= 11 is 0. The minimum absolute atomic E-state index is 0.142. The van der Waals surface area contributed by atoms with Crippen LogP contribution < -0.4 is 4.74 Å². The average molecular weight is 477 g/mol. The highest BCUT2D eigenvalue weighted by Crippen LogP contribution is 2.34. The van der Waals surface area contributed by atoms with Crippen molar-refractivity contribution < 1.29 is 23.0 Å². The fourth-order valence-electron chi connectivity index (χ4n) is 3.26. The van der Waals surface area contributed by atoms with Crippen LogP contribution in [-0.4, -0.2) is 47.9 Å². The Kier molecular flexibility index (Phi) is 9.06. The predicted molar refractivity (Wildman–Crippen MR) is 130 cm³/mol. The third kappa shape index (κ3) is 6.81. The molecule has 0 spiro atoms. The first-order valence-corrected chi connectivity index (χ1v) is 11.0. The Bertz CT molecular complexity index is 1020. The Balaban J connectivity index is 2.19. The topological polar surface area (TPSA) is 64.0 Å². The van der Waals surface area contributed by atoms with E-state index in [9.17, 15) is 13.6 Å². The van der Waals surface area contributed by atoms with Crippen LogP contribution in [0.1, 0.15) is 47.8 Å². The number of carbonyl (C=O) groups excluding carboxylic acids is 1. The van der Waals surface area contributed by atoms with Crippen molar-refractivity contribution in [2.75, 3.05) is 20.2 Å². The Hall–Kier alpha value is -2.86. The number of amides is 1. The van der Waals surface area contributed by atoms with Crippen LogP contribution >= 0.6 is 9.24 Å². The first-order chi connectivity index (χ1) is 15.5. The molecule has 0 N–H and O–H groups in total. The molecule has 1 amide bonds. The molecule has 2 rings (SSSR count). The number of aromatic nitrogens is 1. The zero-order chi connectivity index (χ0) is 24.8. The summed E-state index contributed by atoms with van der Waals surface area (Å²) in [4.78, 5) is 23.0. The molecular formula is C24H30F2N3O3P. The molecule has 1 aromatic carbocycles. The Morgan fingerprint density at radius 1 is 1.33 bits per heavy atom. The van der Waals surface area contributed by atoms with Crippen molar-refractivity contribution >= 4 is 26.8 Å². The molecule has 0 radical (unpaired) electrons. The van der Waals surface area contributed by atoms with Gasteiger partial charge in [-0.2, -0.15) is 8.78 Å². The molecule has 2 atom stereocenters. The number of benzene rings is 1. The van der Waals surface area contributed by atoms with Crippen LogP contribution in [0.5, 0.6) is 5.88 Å². The van der Waals surface area contributed by atoms with Gasteiger partial charge in [0.2, 0.25) is 5.88 Å². The van der Waals surface area contributed by atoms with Crippen molar-refractivity contribution in [3.05, 3.63) is 65.4 Å². The van der Waals surface area contributed by atoms with Gasteiger partial charge < -0.3 is 14.4 Å². The Morgan fingerprint density at radius 3 is 2.58 bits per heavy atom. The maximum atomic E-state index is 13.5. The number of hydrogen-bond donors (Lipinski definition) is 0. The number of aryl methyl sites for hydroxylation is 1. The summed E-state index contributed by atoms with van der Waals surface area (Å²) in [6.07, 6.45) is 1.07. The summed E-state index contributed by atoms with van der Waals surface area (Å²) in [5.74, 6) is 0.785. The van der Waals surface area contributed by atoms with Gasteiger partial charge in [-0.15, -0.1) is 0 Å². The monoisotopic (exact) mass is 477 g/mol. The van der Waals surface area contributed by atoms with Gasteiger partial charge in [0, 0.05) is 43.9 Å². The molecule has 2 aromatic rings. The first-order valence-electron chi connectivity index (χ1n) is 10.5. The summed E-state index contributed by atoms with van der Waals surface area (Å²) in [6.45, 7) is 11.9. The summed E-state index contributed by atoms with van der Waals surface area (Å²) in [6, 6.07) is 7.76. The lowest BCUT2D eigenvalue weighted by Gasteiger charge is -2.29. The van der Waals surface area contributed by atoms with Crippen LogP contribution in [-0.2, 0) is 10.4 Å². The summed E-state index contributed by atoms with van der Waals surface area (Å²) in [7, 11) is 3.09. The Labute approximate surface area is 195 Å². The highest BCUT2D eigenvalue weighted by molar-refractivity contribution is 7.17. The van der Waals surface area contributed by atoms with E-state index < -0.39 is 5.66 Å². The van der Waals surface area contributed by atoms with Gasteiger partial charge in [-0.25, -0.2) is 4.98 Å². The van der Waals surface area contributed by atoms with Gasteiger partial charge in [0.25, 0.3) is 11.6 Å². The zero-order valence-electron chi connectivity index (χ0n) is 19.6. The van der Waals surface area contributed by atoms with Gasteiger partial charge in [0.1, 0.15) is 12.4 Å². The van der Waals surface area contributed by atoms with E-state index in [1.807, 2.05) is 32.9 Å². The molecule has 0 fully saturated rings. The molecule has 1 heterocycles. The van der Waals surface area contributed by atoms with Crippen LogP contribution in [0.4, 0.5) is 8.78 Å².